The van der Waals surface area contributed by atoms with Crippen LogP contribution in [0.2, 0.25) is 0 Å². The van der Waals surface area contributed by atoms with E-state index in [0.29, 0.717) is 11.3 Å². The Morgan fingerprint density at radius 3 is 2.41 bits per heavy atom. The molecular formula is C19H19BrN6O5S. The molecule has 1 heterocycles. The van der Waals surface area contributed by atoms with E-state index in [1.165, 1.54) is 24.3 Å². The normalized spacial score (nSPS) is 20.2. The van der Waals surface area contributed by atoms with Crippen LogP contribution < -0.4 is 27.0 Å². The molecule has 1 fully saturated rings. The second-order valence-corrected chi connectivity index (χ2v) is 8.71. The van der Waals surface area contributed by atoms with E-state index in [2.05, 4.69) is 37.2 Å². The van der Waals surface area contributed by atoms with E-state index >= 15 is 0 Å². The summed E-state index contributed by atoms with van der Waals surface area (Å²) in [5.74, 6) is -1.30. The number of anilines is 1. The molecule has 11 nitrogen and oxygen atoms in total. The molecule has 2 aromatic carbocycles. The molecule has 0 bridgehead atoms. The first-order valence-electron chi connectivity index (χ1n) is 9.27. The fraction of sp³-hybridized carbons (Fsp3) is 0.211. The van der Waals surface area contributed by atoms with Gasteiger partial charge in [-0.1, -0.05) is 15.9 Å². The molecule has 3 amide bonds. The molecule has 3 unspecified atom stereocenters. The average Bonchev–Trinajstić information content (AvgIpc) is 2.75. The quantitative estimate of drug-likeness (QED) is 0.266. The van der Waals surface area contributed by atoms with Gasteiger partial charge in [-0.25, -0.2) is 0 Å². The van der Waals surface area contributed by atoms with Crippen LogP contribution in [0.25, 0.3) is 0 Å². The van der Waals surface area contributed by atoms with Crippen molar-refractivity contribution in [3.63, 3.8) is 0 Å². The Morgan fingerprint density at radius 1 is 1.16 bits per heavy atom. The van der Waals surface area contributed by atoms with Crippen LogP contribution in [0.4, 0.5) is 11.4 Å². The molecule has 168 valence electrons. The highest BCUT2D eigenvalue weighted by molar-refractivity contribution is 9.10. The van der Waals surface area contributed by atoms with Gasteiger partial charge in [0.05, 0.1) is 16.8 Å². The summed E-state index contributed by atoms with van der Waals surface area (Å²) in [6.45, 7) is 0. The maximum atomic E-state index is 12.4. The van der Waals surface area contributed by atoms with Gasteiger partial charge in [0, 0.05) is 27.9 Å². The van der Waals surface area contributed by atoms with Crippen molar-refractivity contribution < 1.29 is 19.3 Å². The first-order chi connectivity index (χ1) is 15.2. The van der Waals surface area contributed by atoms with E-state index in [1.807, 2.05) is 0 Å². The second kappa shape index (κ2) is 10.5. The number of halogens is 1. The maximum absolute atomic E-state index is 12.4. The third kappa shape index (κ3) is 6.26. The lowest BCUT2D eigenvalue weighted by Gasteiger charge is -2.35. The molecule has 0 radical (unpaired) electrons. The predicted molar refractivity (Wildman–Crippen MR) is 123 cm³/mol. The number of amides is 3. The third-order valence-electron chi connectivity index (χ3n) is 4.39. The molecule has 0 saturated carbocycles. The number of nitrogens with zero attached hydrogens (tertiary/aromatic N) is 1. The minimum Gasteiger partial charge on any atom is -0.338 e. The number of thioether (sulfide) groups is 1. The number of rotatable bonds is 7. The van der Waals surface area contributed by atoms with E-state index in [0.717, 1.165) is 16.2 Å². The van der Waals surface area contributed by atoms with Gasteiger partial charge in [-0.3, -0.25) is 29.8 Å². The van der Waals surface area contributed by atoms with Crippen LogP contribution in [-0.4, -0.2) is 46.1 Å². The minimum absolute atomic E-state index is 0.0163. The Kier molecular flexibility index (Phi) is 7.80. The Morgan fingerprint density at radius 2 is 1.81 bits per heavy atom. The zero-order valence-electron chi connectivity index (χ0n) is 16.4. The Balaban J connectivity index is 1.47. The molecule has 0 aliphatic carbocycles. The summed E-state index contributed by atoms with van der Waals surface area (Å²) >= 11 is 4.39. The summed E-state index contributed by atoms with van der Waals surface area (Å²) in [5.41, 5.74) is 6.09. The smallest absolute Gasteiger partial charge is 0.269 e. The van der Waals surface area contributed by atoms with Gasteiger partial charge < -0.3 is 21.7 Å². The number of non-ortho nitro benzene ring substituents is 1. The molecule has 2 aromatic rings. The van der Waals surface area contributed by atoms with Crippen molar-refractivity contribution in [2.45, 2.75) is 17.7 Å². The molecule has 3 rings (SSSR count). The Bertz CT molecular complexity index is 1020. The van der Waals surface area contributed by atoms with E-state index in [9.17, 15) is 24.5 Å². The monoisotopic (exact) mass is 522 g/mol. The van der Waals surface area contributed by atoms with Gasteiger partial charge in [0.25, 0.3) is 11.6 Å². The van der Waals surface area contributed by atoms with E-state index in [4.69, 9.17) is 5.73 Å². The number of carbonyl (C=O) groups is 3. The zero-order valence-corrected chi connectivity index (χ0v) is 18.8. The van der Waals surface area contributed by atoms with Crippen molar-refractivity contribution in [2.24, 2.45) is 5.73 Å². The van der Waals surface area contributed by atoms with Crippen LogP contribution >= 0.6 is 27.7 Å². The lowest BCUT2D eigenvalue weighted by molar-refractivity contribution is -0.384. The van der Waals surface area contributed by atoms with Gasteiger partial charge in [-0.15, -0.1) is 11.8 Å². The van der Waals surface area contributed by atoms with Crippen LogP contribution in [0.1, 0.15) is 10.4 Å². The average molecular weight is 523 g/mol. The van der Waals surface area contributed by atoms with Crippen molar-refractivity contribution >= 4 is 56.8 Å². The lowest BCUT2D eigenvalue weighted by atomic mass is 10.1. The summed E-state index contributed by atoms with van der Waals surface area (Å²) < 4.78 is 0.820. The van der Waals surface area contributed by atoms with Crippen molar-refractivity contribution in [2.75, 3.05) is 11.1 Å². The number of nitrogens with one attached hydrogen (secondary N) is 4. The van der Waals surface area contributed by atoms with Gasteiger partial charge in [0.2, 0.25) is 11.8 Å². The van der Waals surface area contributed by atoms with Crippen molar-refractivity contribution in [3.05, 3.63) is 68.7 Å². The zero-order chi connectivity index (χ0) is 23.3. The molecule has 1 aliphatic rings. The summed E-state index contributed by atoms with van der Waals surface area (Å²) in [7, 11) is 0. The van der Waals surface area contributed by atoms with Crippen LogP contribution in [0.3, 0.4) is 0 Å². The maximum Gasteiger partial charge on any atom is 0.269 e. The predicted octanol–water partition coefficient (Wildman–Crippen LogP) is 1.12. The van der Waals surface area contributed by atoms with Crippen molar-refractivity contribution in [3.8, 4) is 0 Å². The minimum atomic E-state index is -0.989. The first kappa shape index (κ1) is 23.7. The lowest BCUT2D eigenvalue weighted by Crippen LogP contribution is -2.70. The fourth-order valence-corrected chi connectivity index (χ4v) is 3.90. The fourth-order valence-electron chi connectivity index (χ4n) is 2.79. The highest BCUT2D eigenvalue weighted by atomic mass is 79.9. The SMILES string of the molecule is NC1NC(SCC(=O)Nc2ccc([N+](=O)[O-])cc2)NC(=O)C1NC(=O)c1ccc(Br)cc1. The third-order valence-corrected chi connectivity index (χ3v) is 5.94. The number of nitro groups is 1. The summed E-state index contributed by atoms with van der Waals surface area (Å²) in [6.07, 6.45) is -0.863. The van der Waals surface area contributed by atoms with Gasteiger partial charge in [-0.05, 0) is 36.4 Å². The van der Waals surface area contributed by atoms with E-state index in [-0.39, 0.29) is 17.3 Å². The van der Waals surface area contributed by atoms with Crippen molar-refractivity contribution in [1.29, 1.82) is 0 Å². The second-order valence-electron chi connectivity index (χ2n) is 6.70. The number of nitrogens with two attached hydrogens (primary N) is 1. The molecule has 3 atom stereocenters. The molecule has 0 aromatic heterocycles. The van der Waals surface area contributed by atoms with E-state index < -0.39 is 34.4 Å². The van der Waals surface area contributed by atoms with Crippen LogP contribution in [0.5, 0.6) is 0 Å². The topological polar surface area (TPSA) is 168 Å². The van der Waals surface area contributed by atoms with Crippen LogP contribution in [0.15, 0.2) is 53.0 Å². The standard InChI is InChI=1S/C19H19BrN6O5S/c20-11-3-1-10(2-4-11)17(28)23-15-16(21)24-19(25-18(15)29)32-9-14(27)22-12-5-7-13(8-6-12)26(30)31/h1-8,15-16,19,24H,9,21H2,(H,22,27)(H,23,28)(H,25,29). The number of hydrogen-bond acceptors (Lipinski definition) is 8. The summed E-state index contributed by atoms with van der Waals surface area (Å²) in [5, 5.41) is 21.5. The highest BCUT2D eigenvalue weighted by Gasteiger charge is 2.35. The highest BCUT2D eigenvalue weighted by Crippen LogP contribution is 2.17. The van der Waals surface area contributed by atoms with E-state index in [1.54, 1.807) is 24.3 Å². The molecule has 0 spiro atoms. The van der Waals surface area contributed by atoms with Gasteiger partial charge in [0.1, 0.15) is 11.5 Å². The van der Waals surface area contributed by atoms with Gasteiger partial charge in [-0.2, -0.15) is 0 Å². The van der Waals surface area contributed by atoms with Crippen LogP contribution in [-0.2, 0) is 9.59 Å². The number of benzene rings is 2. The molecule has 1 saturated heterocycles. The molecular weight excluding hydrogens is 504 g/mol. The summed E-state index contributed by atoms with van der Waals surface area (Å²) in [6, 6.07) is 11.1. The Labute approximate surface area is 195 Å². The number of carbonyl (C=O) groups excluding carboxylic acids is 3. The van der Waals surface area contributed by atoms with Gasteiger partial charge in [0.15, 0.2) is 0 Å². The van der Waals surface area contributed by atoms with Crippen LogP contribution in [0, 0.1) is 10.1 Å². The molecule has 32 heavy (non-hydrogen) atoms. The number of nitro benzene ring substituents is 1. The Hall–Kier alpha value is -3.00. The van der Waals surface area contributed by atoms with Crippen molar-refractivity contribution in [1.82, 2.24) is 16.0 Å². The number of hydrogen-bond donors (Lipinski definition) is 5. The summed E-state index contributed by atoms with van der Waals surface area (Å²) in [4.78, 5) is 47.1. The molecule has 1 aliphatic heterocycles. The largest absolute Gasteiger partial charge is 0.338 e. The van der Waals surface area contributed by atoms with Gasteiger partial charge >= 0.3 is 0 Å². The molecule has 13 heteroatoms. The molecule has 6 N–H and O–H groups in total. The first-order valence-corrected chi connectivity index (χ1v) is 11.1.